The van der Waals surface area contributed by atoms with Gasteiger partial charge in [0.1, 0.15) is 5.71 Å². The molecule has 21 heavy (non-hydrogen) atoms. The number of rotatable bonds is 4. The van der Waals surface area contributed by atoms with Crippen LogP contribution in [0.2, 0.25) is 0 Å². The van der Waals surface area contributed by atoms with Crippen LogP contribution in [0.15, 0.2) is 33.7 Å². The Morgan fingerprint density at radius 1 is 1.24 bits per heavy atom. The van der Waals surface area contributed by atoms with Gasteiger partial charge in [-0.05, 0) is 18.1 Å². The van der Waals surface area contributed by atoms with Gasteiger partial charge in [-0.15, -0.1) is 0 Å². The van der Waals surface area contributed by atoms with Crippen molar-refractivity contribution in [2.24, 2.45) is 10.9 Å². The van der Waals surface area contributed by atoms with E-state index >= 15 is 0 Å². The van der Waals surface area contributed by atoms with Gasteiger partial charge in [0.15, 0.2) is 0 Å². The van der Waals surface area contributed by atoms with Crippen LogP contribution in [0, 0.1) is 5.92 Å². The second-order valence-electron chi connectivity index (χ2n) is 4.49. The molecule has 1 aromatic rings. The minimum absolute atomic E-state index is 0. The second kappa shape index (κ2) is 8.78. The fourth-order valence-corrected chi connectivity index (χ4v) is 1.80. The van der Waals surface area contributed by atoms with Gasteiger partial charge < -0.3 is 9.90 Å². The number of aliphatic carboxylic acids is 1. The number of halogens is 4. The molecule has 0 saturated carbocycles. The molecule has 0 radical (unpaired) electrons. The molecule has 0 aliphatic carbocycles. The monoisotopic (exact) mass is 389 g/mol. The summed E-state index contributed by atoms with van der Waals surface area (Å²) in [4.78, 5) is 14.3. The maximum absolute atomic E-state index is 13.0. The van der Waals surface area contributed by atoms with Gasteiger partial charge in [-0.2, -0.15) is 13.2 Å². The number of aliphatic imine (C=N–C) groups is 1. The first kappa shape index (κ1) is 21.3. The van der Waals surface area contributed by atoms with Gasteiger partial charge in [-0.25, -0.2) is 0 Å². The Kier molecular flexibility index (Phi) is 8.89. The standard InChI is InChI=1S/C13H13BrF3NO2.K/c1-7(2)10(12(19)20)18-11(13(15,16)17)8-3-5-9(14)6-4-8;/h3-7,10H,1-2H3,(H,19,20);/q;+1/p-1/t10-;/m0./s1. The Bertz CT molecular complexity index is 515. The Morgan fingerprint density at radius 3 is 2.05 bits per heavy atom. The van der Waals surface area contributed by atoms with Gasteiger partial charge in [0.2, 0.25) is 0 Å². The molecule has 8 heteroatoms. The molecule has 110 valence electrons. The SMILES string of the molecule is CC(C)[C@H](N=C(c1ccc(Br)cc1)C(F)(F)F)C(=O)[O-].[K+]. The fraction of sp³-hybridized carbons (Fsp3) is 0.385. The van der Waals surface area contributed by atoms with E-state index in [1.165, 1.54) is 38.1 Å². The van der Waals surface area contributed by atoms with Crippen LogP contribution in [-0.4, -0.2) is 23.9 Å². The first-order valence-electron chi connectivity index (χ1n) is 5.74. The van der Waals surface area contributed by atoms with Crippen LogP contribution in [-0.2, 0) is 4.79 Å². The van der Waals surface area contributed by atoms with Crippen LogP contribution in [0.1, 0.15) is 19.4 Å². The van der Waals surface area contributed by atoms with Crippen molar-refractivity contribution in [1.29, 1.82) is 0 Å². The van der Waals surface area contributed by atoms with Crippen molar-refractivity contribution in [3.63, 3.8) is 0 Å². The predicted octanol–water partition coefficient (Wildman–Crippen LogP) is -0.421. The zero-order valence-corrected chi connectivity index (χ0v) is 16.4. The minimum Gasteiger partial charge on any atom is -0.548 e. The summed E-state index contributed by atoms with van der Waals surface area (Å²) in [5, 5.41) is 10.9. The molecule has 0 unspecified atom stereocenters. The number of hydrogen-bond donors (Lipinski definition) is 0. The van der Waals surface area contributed by atoms with E-state index in [-0.39, 0.29) is 56.9 Å². The second-order valence-corrected chi connectivity index (χ2v) is 5.41. The van der Waals surface area contributed by atoms with Crippen molar-refractivity contribution in [3.05, 3.63) is 34.3 Å². The molecular formula is C13H12BrF3KNO2. The van der Waals surface area contributed by atoms with Crippen LogP contribution >= 0.6 is 15.9 Å². The largest absolute Gasteiger partial charge is 1.00 e. The Labute approximate surface area is 171 Å². The Morgan fingerprint density at radius 2 is 1.71 bits per heavy atom. The van der Waals surface area contributed by atoms with E-state index in [9.17, 15) is 23.1 Å². The third kappa shape index (κ3) is 6.50. The zero-order valence-electron chi connectivity index (χ0n) is 11.7. The Balaban J connectivity index is 0.00000400. The van der Waals surface area contributed by atoms with E-state index in [0.29, 0.717) is 4.47 Å². The molecule has 0 amide bonds. The first-order chi connectivity index (χ1) is 9.12. The number of carbonyl (C=O) groups is 1. The molecular weight excluding hydrogens is 378 g/mol. The van der Waals surface area contributed by atoms with Gasteiger partial charge in [-0.1, -0.05) is 41.9 Å². The van der Waals surface area contributed by atoms with Crippen molar-refractivity contribution in [1.82, 2.24) is 0 Å². The quantitative estimate of drug-likeness (QED) is 0.518. The van der Waals surface area contributed by atoms with E-state index < -0.39 is 29.8 Å². The molecule has 0 spiro atoms. The molecule has 0 saturated heterocycles. The molecule has 0 aromatic heterocycles. The average molecular weight is 390 g/mol. The van der Waals surface area contributed by atoms with Crippen molar-refractivity contribution >= 4 is 27.6 Å². The van der Waals surface area contributed by atoms with Crippen molar-refractivity contribution in [2.75, 3.05) is 0 Å². The van der Waals surface area contributed by atoms with Crippen molar-refractivity contribution < 1.29 is 74.5 Å². The summed E-state index contributed by atoms with van der Waals surface area (Å²) < 4.78 is 39.7. The number of carboxylic acid groups (broad SMARTS) is 1. The van der Waals surface area contributed by atoms with Crippen LogP contribution in [0.3, 0.4) is 0 Å². The van der Waals surface area contributed by atoms with Crippen LogP contribution in [0.5, 0.6) is 0 Å². The number of carboxylic acids is 1. The van der Waals surface area contributed by atoms with Gasteiger partial charge in [0, 0.05) is 10.0 Å². The summed E-state index contributed by atoms with van der Waals surface area (Å²) in [6, 6.07) is 3.77. The summed E-state index contributed by atoms with van der Waals surface area (Å²) in [5.41, 5.74) is -1.40. The van der Waals surface area contributed by atoms with E-state index in [1.54, 1.807) is 0 Å². The maximum atomic E-state index is 13.0. The third-order valence-corrected chi connectivity index (χ3v) is 3.06. The molecule has 3 nitrogen and oxygen atoms in total. The number of alkyl halides is 3. The molecule has 1 aromatic carbocycles. The molecule has 0 bridgehead atoms. The predicted molar refractivity (Wildman–Crippen MR) is 70.4 cm³/mol. The van der Waals surface area contributed by atoms with E-state index in [0.717, 1.165) is 0 Å². The normalized spacial score (nSPS) is 13.8. The maximum Gasteiger partial charge on any atom is 1.00 e. The van der Waals surface area contributed by atoms with Crippen molar-refractivity contribution in [3.8, 4) is 0 Å². The summed E-state index contributed by atoms with van der Waals surface area (Å²) in [7, 11) is 0. The molecule has 0 fully saturated rings. The molecule has 1 atom stereocenters. The summed E-state index contributed by atoms with van der Waals surface area (Å²) in [5.74, 6) is -2.23. The summed E-state index contributed by atoms with van der Waals surface area (Å²) >= 11 is 3.12. The topological polar surface area (TPSA) is 52.5 Å². The number of hydrogen-bond acceptors (Lipinski definition) is 3. The third-order valence-electron chi connectivity index (χ3n) is 2.53. The molecule has 1 rings (SSSR count). The molecule has 0 aliphatic heterocycles. The van der Waals surface area contributed by atoms with Gasteiger partial charge in [0.05, 0.1) is 12.0 Å². The number of carbonyl (C=O) groups excluding carboxylic acids is 1. The number of nitrogens with zero attached hydrogens (tertiary/aromatic N) is 1. The molecule has 0 N–H and O–H groups in total. The van der Waals surface area contributed by atoms with E-state index in [4.69, 9.17) is 0 Å². The van der Waals surface area contributed by atoms with Crippen LogP contribution in [0.25, 0.3) is 0 Å². The fourth-order valence-electron chi connectivity index (χ4n) is 1.53. The van der Waals surface area contributed by atoms with E-state index in [2.05, 4.69) is 20.9 Å². The zero-order chi connectivity index (χ0) is 15.5. The van der Waals surface area contributed by atoms with Gasteiger partial charge >= 0.3 is 57.6 Å². The van der Waals surface area contributed by atoms with Crippen molar-refractivity contribution in [2.45, 2.75) is 26.1 Å². The average Bonchev–Trinajstić information content (AvgIpc) is 2.29. The molecule has 0 heterocycles. The summed E-state index contributed by atoms with van der Waals surface area (Å²) in [6.07, 6.45) is -4.74. The minimum atomic E-state index is -4.74. The van der Waals surface area contributed by atoms with Gasteiger partial charge in [0.25, 0.3) is 0 Å². The smallest absolute Gasteiger partial charge is 0.548 e. The number of benzene rings is 1. The summed E-state index contributed by atoms with van der Waals surface area (Å²) in [6.45, 7) is 2.94. The Hall–Kier alpha value is 0.266. The van der Waals surface area contributed by atoms with Crippen LogP contribution < -0.4 is 56.5 Å². The van der Waals surface area contributed by atoms with Crippen LogP contribution in [0.4, 0.5) is 13.2 Å². The van der Waals surface area contributed by atoms with E-state index in [1.807, 2.05) is 0 Å². The molecule has 0 aliphatic rings. The van der Waals surface area contributed by atoms with Gasteiger partial charge in [-0.3, -0.25) is 4.99 Å². The first-order valence-corrected chi connectivity index (χ1v) is 6.54.